The number of ether oxygens (including phenoxy) is 1. The van der Waals surface area contributed by atoms with Gasteiger partial charge in [0.2, 0.25) is 0 Å². The second kappa shape index (κ2) is 5.82. The Bertz CT molecular complexity index is 297. The molecule has 1 aromatic heterocycles. The molecule has 0 radical (unpaired) electrons. The summed E-state index contributed by atoms with van der Waals surface area (Å²) < 4.78 is 6.95. The lowest BCUT2D eigenvalue weighted by Gasteiger charge is -2.09. The van der Waals surface area contributed by atoms with E-state index in [0.717, 1.165) is 12.2 Å². The van der Waals surface area contributed by atoms with Crippen molar-refractivity contribution in [2.45, 2.75) is 33.4 Å². The molecule has 0 saturated carbocycles. The second-order valence-corrected chi connectivity index (χ2v) is 3.93. The number of aliphatic hydroxyl groups is 1. The number of aromatic nitrogens is 3. The van der Waals surface area contributed by atoms with Crippen LogP contribution < -0.4 is 0 Å². The molecular weight excluding hydrogens is 194 g/mol. The van der Waals surface area contributed by atoms with Crippen LogP contribution in [0, 0.1) is 5.92 Å². The fraction of sp³-hybridized carbons (Fsp3) is 0.800. The maximum Gasteiger partial charge on any atom is 0.158 e. The predicted molar refractivity (Wildman–Crippen MR) is 56.4 cm³/mol. The van der Waals surface area contributed by atoms with Gasteiger partial charge in [-0.2, -0.15) is 0 Å². The van der Waals surface area contributed by atoms with Crippen molar-refractivity contribution >= 4 is 0 Å². The second-order valence-electron chi connectivity index (χ2n) is 3.93. The molecular formula is C10H19N3O2. The average Bonchev–Trinajstić information content (AvgIpc) is 2.56. The normalized spacial score (nSPS) is 11.3. The number of hydrogen-bond donors (Lipinski definition) is 1. The minimum atomic E-state index is -0.0746. The molecule has 0 aliphatic heterocycles. The number of nitrogens with zero attached hydrogens (tertiary/aromatic N) is 3. The molecule has 5 heteroatoms. The molecule has 0 fully saturated rings. The van der Waals surface area contributed by atoms with Gasteiger partial charge in [-0.05, 0) is 5.92 Å². The molecule has 1 N–H and O–H groups in total. The molecule has 1 aromatic rings. The number of methoxy groups -OCH3 is 1. The monoisotopic (exact) mass is 213 g/mol. The third-order valence-electron chi connectivity index (χ3n) is 2.16. The zero-order valence-corrected chi connectivity index (χ0v) is 9.60. The van der Waals surface area contributed by atoms with E-state index in [4.69, 9.17) is 9.84 Å². The molecule has 0 bridgehead atoms. The zero-order chi connectivity index (χ0) is 11.3. The van der Waals surface area contributed by atoms with Gasteiger partial charge in [0, 0.05) is 20.1 Å². The highest BCUT2D eigenvalue weighted by atomic mass is 16.5. The minimum Gasteiger partial charge on any atom is -0.388 e. The van der Waals surface area contributed by atoms with Crippen molar-refractivity contribution in [3.63, 3.8) is 0 Å². The molecule has 0 aliphatic carbocycles. The third kappa shape index (κ3) is 3.28. The van der Waals surface area contributed by atoms with Gasteiger partial charge in [0.25, 0.3) is 0 Å². The largest absolute Gasteiger partial charge is 0.388 e. The topological polar surface area (TPSA) is 60.2 Å². The van der Waals surface area contributed by atoms with Crippen LogP contribution in [-0.2, 0) is 24.3 Å². The van der Waals surface area contributed by atoms with E-state index in [1.54, 1.807) is 7.11 Å². The fourth-order valence-corrected chi connectivity index (χ4v) is 1.45. The molecule has 0 saturated heterocycles. The Morgan fingerprint density at radius 3 is 2.53 bits per heavy atom. The van der Waals surface area contributed by atoms with E-state index in [1.807, 2.05) is 4.57 Å². The molecule has 0 unspecified atom stereocenters. The summed E-state index contributed by atoms with van der Waals surface area (Å²) in [6, 6.07) is 0. The van der Waals surface area contributed by atoms with Crippen molar-refractivity contribution in [1.29, 1.82) is 0 Å². The molecule has 0 aromatic carbocycles. The van der Waals surface area contributed by atoms with E-state index < -0.39 is 0 Å². The van der Waals surface area contributed by atoms with Crippen molar-refractivity contribution in [3.05, 3.63) is 11.6 Å². The van der Waals surface area contributed by atoms with Crippen LogP contribution in [0.3, 0.4) is 0 Å². The van der Waals surface area contributed by atoms with Gasteiger partial charge in [0.1, 0.15) is 12.4 Å². The third-order valence-corrected chi connectivity index (χ3v) is 2.16. The lowest BCUT2D eigenvalue weighted by molar-refractivity contribution is 0.181. The first kappa shape index (κ1) is 12.1. The van der Waals surface area contributed by atoms with E-state index >= 15 is 0 Å². The molecule has 0 atom stereocenters. The van der Waals surface area contributed by atoms with Crippen molar-refractivity contribution in [2.24, 2.45) is 5.92 Å². The zero-order valence-electron chi connectivity index (χ0n) is 9.60. The van der Waals surface area contributed by atoms with E-state index in [0.29, 0.717) is 24.9 Å². The molecule has 0 spiro atoms. The standard InChI is InChI=1S/C10H19N3O2/c1-8(2)6-9-11-12-10(7-14)13(9)4-5-15-3/h8,14H,4-7H2,1-3H3. The van der Waals surface area contributed by atoms with Crippen LogP contribution in [0.1, 0.15) is 25.5 Å². The summed E-state index contributed by atoms with van der Waals surface area (Å²) in [6.07, 6.45) is 0.872. The quantitative estimate of drug-likeness (QED) is 0.752. The number of rotatable bonds is 6. The smallest absolute Gasteiger partial charge is 0.158 e. The Morgan fingerprint density at radius 1 is 1.33 bits per heavy atom. The molecule has 1 rings (SSSR count). The van der Waals surface area contributed by atoms with E-state index in [2.05, 4.69) is 24.0 Å². The molecule has 0 aliphatic rings. The summed E-state index contributed by atoms with van der Waals surface area (Å²) >= 11 is 0. The lowest BCUT2D eigenvalue weighted by Crippen LogP contribution is -2.13. The van der Waals surface area contributed by atoms with Crippen LogP contribution in [0.5, 0.6) is 0 Å². The van der Waals surface area contributed by atoms with Crippen molar-refractivity contribution in [3.8, 4) is 0 Å². The van der Waals surface area contributed by atoms with Gasteiger partial charge < -0.3 is 14.4 Å². The SMILES string of the molecule is COCCn1c(CO)nnc1CC(C)C. The first-order chi connectivity index (χ1) is 7.19. The highest BCUT2D eigenvalue weighted by Crippen LogP contribution is 2.08. The van der Waals surface area contributed by atoms with Gasteiger partial charge >= 0.3 is 0 Å². The lowest BCUT2D eigenvalue weighted by atomic mass is 10.1. The Labute approximate surface area is 90.1 Å². The molecule has 5 nitrogen and oxygen atoms in total. The fourth-order valence-electron chi connectivity index (χ4n) is 1.45. The predicted octanol–water partition coefficient (Wildman–Crippen LogP) is 0.615. The van der Waals surface area contributed by atoms with Crippen LogP contribution in [0.2, 0.25) is 0 Å². The van der Waals surface area contributed by atoms with Crippen molar-refractivity contribution in [1.82, 2.24) is 14.8 Å². The van der Waals surface area contributed by atoms with Gasteiger partial charge in [0.15, 0.2) is 5.82 Å². The Hall–Kier alpha value is -0.940. The van der Waals surface area contributed by atoms with Gasteiger partial charge in [0.05, 0.1) is 6.61 Å². The molecule has 0 amide bonds. The molecule has 15 heavy (non-hydrogen) atoms. The summed E-state index contributed by atoms with van der Waals surface area (Å²) in [5.41, 5.74) is 0. The summed E-state index contributed by atoms with van der Waals surface area (Å²) in [5.74, 6) is 2.07. The number of aliphatic hydroxyl groups excluding tert-OH is 1. The van der Waals surface area contributed by atoms with Crippen LogP contribution in [0.15, 0.2) is 0 Å². The van der Waals surface area contributed by atoms with Gasteiger partial charge in [-0.3, -0.25) is 0 Å². The number of hydrogen-bond acceptors (Lipinski definition) is 4. The minimum absolute atomic E-state index is 0.0746. The van der Waals surface area contributed by atoms with Crippen molar-refractivity contribution in [2.75, 3.05) is 13.7 Å². The maximum absolute atomic E-state index is 9.10. The highest BCUT2D eigenvalue weighted by Gasteiger charge is 2.11. The maximum atomic E-state index is 9.10. The van der Waals surface area contributed by atoms with Crippen molar-refractivity contribution < 1.29 is 9.84 Å². The van der Waals surface area contributed by atoms with Gasteiger partial charge in [-0.25, -0.2) is 0 Å². The van der Waals surface area contributed by atoms with E-state index in [-0.39, 0.29) is 6.61 Å². The van der Waals surface area contributed by atoms with Crippen LogP contribution in [0.4, 0.5) is 0 Å². The molecule has 1 heterocycles. The van der Waals surface area contributed by atoms with Crippen LogP contribution in [-0.4, -0.2) is 33.6 Å². The Kier molecular flexibility index (Phi) is 4.71. The Balaban J connectivity index is 2.79. The average molecular weight is 213 g/mol. The van der Waals surface area contributed by atoms with Crippen LogP contribution >= 0.6 is 0 Å². The summed E-state index contributed by atoms with van der Waals surface area (Å²) in [4.78, 5) is 0. The van der Waals surface area contributed by atoms with E-state index in [9.17, 15) is 0 Å². The summed E-state index contributed by atoms with van der Waals surface area (Å²) in [7, 11) is 1.66. The summed E-state index contributed by atoms with van der Waals surface area (Å²) in [6.45, 7) is 5.49. The Morgan fingerprint density at radius 2 is 2.00 bits per heavy atom. The highest BCUT2D eigenvalue weighted by molar-refractivity contribution is 4.95. The van der Waals surface area contributed by atoms with Gasteiger partial charge in [-0.15, -0.1) is 10.2 Å². The molecule has 86 valence electrons. The summed E-state index contributed by atoms with van der Waals surface area (Å²) in [5, 5.41) is 17.1. The first-order valence-corrected chi connectivity index (χ1v) is 5.19. The van der Waals surface area contributed by atoms with E-state index in [1.165, 1.54) is 0 Å². The van der Waals surface area contributed by atoms with Crippen LogP contribution in [0.25, 0.3) is 0 Å². The van der Waals surface area contributed by atoms with Gasteiger partial charge in [-0.1, -0.05) is 13.8 Å². The first-order valence-electron chi connectivity index (χ1n) is 5.19.